The average Bonchev–Trinajstić information content (AvgIpc) is 3.18. The summed E-state index contributed by atoms with van der Waals surface area (Å²) in [6, 6.07) is 11.6. The molecule has 0 aliphatic carbocycles. The highest BCUT2D eigenvalue weighted by molar-refractivity contribution is 5.93. The largest absolute Gasteiger partial charge is 0.492 e. The van der Waals surface area contributed by atoms with Crippen molar-refractivity contribution in [2.45, 2.75) is 25.9 Å². The molecule has 10 heteroatoms. The van der Waals surface area contributed by atoms with Crippen LogP contribution in [0.15, 0.2) is 48.5 Å². The first-order valence-electron chi connectivity index (χ1n) is 9.46. The lowest BCUT2D eigenvalue weighted by atomic mass is 10.0. The van der Waals surface area contributed by atoms with Crippen molar-refractivity contribution in [3.05, 3.63) is 71.3 Å². The van der Waals surface area contributed by atoms with Crippen molar-refractivity contribution < 1.29 is 27.1 Å². The van der Waals surface area contributed by atoms with Crippen molar-refractivity contribution >= 4 is 5.91 Å². The van der Waals surface area contributed by atoms with Gasteiger partial charge in [-0.15, -0.1) is 5.10 Å². The van der Waals surface area contributed by atoms with Crippen LogP contribution in [0.3, 0.4) is 0 Å². The minimum Gasteiger partial charge on any atom is -0.492 e. The Hall–Kier alpha value is -3.43. The Morgan fingerprint density at radius 1 is 1.10 bits per heavy atom. The van der Waals surface area contributed by atoms with Crippen molar-refractivity contribution in [3.8, 4) is 11.4 Å². The summed E-state index contributed by atoms with van der Waals surface area (Å²) in [5, 5.41) is 9.17. The fourth-order valence-electron chi connectivity index (χ4n) is 2.82. The summed E-state index contributed by atoms with van der Waals surface area (Å²) < 4.78 is 59.8. The normalized spacial score (nSPS) is 11.6. The lowest BCUT2D eigenvalue weighted by Crippen LogP contribution is -2.30. The number of alkyl halides is 3. The van der Waals surface area contributed by atoms with Gasteiger partial charge in [0.2, 0.25) is 0 Å². The molecule has 1 aromatic heterocycles. The third-order valence-electron chi connectivity index (χ3n) is 4.43. The number of hydrogen-bond acceptors (Lipinski definition) is 4. The van der Waals surface area contributed by atoms with Crippen molar-refractivity contribution in [1.29, 1.82) is 0 Å². The minimum absolute atomic E-state index is 0.0362. The molecule has 164 valence electrons. The summed E-state index contributed by atoms with van der Waals surface area (Å²) in [7, 11) is 0. The Morgan fingerprint density at radius 2 is 1.74 bits per heavy atom. The molecule has 3 aromatic rings. The van der Waals surface area contributed by atoms with Gasteiger partial charge in [-0.25, -0.2) is 9.07 Å². The Labute approximate surface area is 175 Å². The molecule has 0 bridgehead atoms. The highest BCUT2D eigenvalue weighted by atomic mass is 19.4. The van der Waals surface area contributed by atoms with Gasteiger partial charge in [0.05, 0.1) is 12.2 Å². The van der Waals surface area contributed by atoms with Crippen molar-refractivity contribution in [2.75, 3.05) is 13.2 Å². The highest BCUT2D eigenvalue weighted by Gasteiger charge is 2.42. The van der Waals surface area contributed by atoms with E-state index in [1.807, 2.05) is 12.1 Å². The number of amides is 1. The number of carbonyl (C=O) groups excluding carboxylic acids is 1. The molecule has 0 spiro atoms. The predicted octanol–water partition coefficient (Wildman–Crippen LogP) is 4.36. The van der Waals surface area contributed by atoms with E-state index in [0.717, 1.165) is 29.8 Å². The van der Waals surface area contributed by atoms with Crippen LogP contribution in [0.4, 0.5) is 17.6 Å². The standard InChI is InChI=1S/C21H20F4N4O2/c1-13(2)14-3-9-17(10-4-14)31-12-11-26-20(30)18-19(21(23,24)25)29(28-27-18)16-7-5-15(22)6-8-16/h3-10,13H,11-12H2,1-2H3,(H,26,30). The zero-order valence-corrected chi connectivity index (χ0v) is 16.8. The van der Waals surface area contributed by atoms with Crippen LogP contribution in [0, 0.1) is 5.82 Å². The Kier molecular flexibility index (Phi) is 6.57. The molecular weight excluding hydrogens is 416 g/mol. The number of hydrogen-bond donors (Lipinski definition) is 1. The Bertz CT molecular complexity index is 1030. The van der Waals surface area contributed by atoms with Gasteiger partial charge in [-0.2, -0.15) is 13.2 Å². The molecule has 1 N–H and O–H groups in total. The molecule has 0 unspecified atom stereocenters. The van der Waals surface area contributed by atoms with E-state index >= 15 is 0 Å². The lowest BCUT2D eigenvalue weighted by molar-refractivity contribution is -0.143. The van der Waals surface area contributed by atoms with Crippen LogP contribution >= 0.6 is 0 Å². The van der Waals surface area contributed by atoms with Crippen LogP contribution in [0.1, 0.15) is 41.5 Å². The minimum atomic E-state index is -4.90. The second kappa shape index (κ2) is 9.15. The molecule has 1 amide bonds. The van der Waals surface area contributed by atoms with E-state index in [1.54, 1.807) is 12.1 Å². The second-order valence-corrected chi connectivity index (χ2v) is 7.00. The summed E-state index contributed by atoms with van der Waals surface area (Å²) in [4.78, 5) is 12.3. The fourth-order valence-corrected chi connectivity index (χ4v) is 2.82. The molecule has 3 rings (SSSR count). The molecule has 0 aliphatic heterocycles. The Morgan fingerprint density at radius 3 is 2.32 bits per heavy atom. The van der Waals surface area contributed by atoms with E-state index in [2.05, 4.69) is 29.5 Å². The SMILES string of the molecule is CC(C)c1ccc(OCCNC(=O)c2nnn(-c3ccc(F)cc3)c2C(F)(F)F)cc1. The topological polar surface area (TPSA) is 69.0 Å². The van der Waals surface area contributed by atoms with Gasteiger partial charge >= 0.3 is 6.18 Å². The van der Waals surface area contributed by atoms with E-state index in [0.29, 0.717) is 16.3 Å². The molecule has 0 atom stereocenters. The van der Waals surface area contributed by atoms with E-state index in [4.69, 9.17) is 4.74 Å². The van der Waals surface area contributed by atoms with Crippen molar-refractivity contribution in [2.24, 2.45) is 0 Å². The molecule has 0 saturated heterocycles. The highest BCUT2D eigenvalue weighted by Crippen LogP contribution is 2.32. The van der Waals surface area contributed by atoms with Gasteiger partial charge in [0.1, 0.15) is 18.2 Å². The number of carbonyl (C=O) groups is 1. The average molecular weight is 436 g/mol. The summed E-state index contributed by atoms with van der Waals surface area (Å²) in [5.74, 6) is -0.704. The molecule has 31 heavy (non-hydrogen) atoms. The fraction of sp³-hybridized carbons (Fsp3) is 0.286. The predicted molar refractivity (Wildman–Crippen MR) is 105 cm³/mol. The molecule has 0 radical (unpaired) electrons. The molecule has 6 nitrogen and oxygen atoms in total. The number of nitrogens with zero attached hydrogens (tertiary/aromatic N) is 3. The van der Waals surface area contributed by atoms with Gasteiger partial charge in [-0.05, 0) is 47.9 Å². The lowest BCUT2D eigenvalue weighted by Gasteiger charge is -2.12. The van der Waals surface area contributed by atoms with E-state index in [9.17, 15) is 22.4 Å². The van der Waals surface area contributed by atoms with Crippen LogP contribution in [0.25, 0.3) is 5.69 Å². The molecule has 1 heterocycles. The van der Waals surface area contributed by atoms with Gasteiger partial charge in [-0.3, -0.25) is 4.79 Å². The summed E-state index contributed by atoms with van der Waals surface area (Å²) in [6.45, 7) is 4.14. The van der Waals surface area contributed by atoms with Crippen LogP contribution in [0.2, 0.25) is 0 Å². The quantitative estimate of drug-likeness (QED) is 0.442. The first-order valence-corrected chi connectivity index (χ1v) is 9.46. The molecule has 0 fully saturated rings. The van der Waals surface area contributed by atoms with E-state index in [1.165, 1.54) is 0 Å². The van der Waals surface area contributed by atoms with E-state index < -0.39 is 29.3 Å². The number of benzene rings is 2. The molecule has 0 saturated carbocycles. The third kappa shape index (κ3) is 5.39. The zero-order valence-electron chi connectivity index (χ0n) is 16.8. The van der Waals surface area contributed by atoms with Crippen molar-refractivity contribution in [1.82, 2.24) is 20.3 Å². The number of halogens is 4. The van der Waals surface area contributed by atoms with Crippen LogP contribution < -0.4 is 10.1 Å². The summed E-state index contributed by atoms with van der Waals surface area (Å²) in [6.07, 6.45) is -4.90. The second-order valence-electron chi connectivity index (χ2n) is 7.00. The number of aromatic nitrogens is 3. The maximum absolute atomic E-state index is 13.6. The van der Waals surface area contributed by atoms with Gasteiger partial charge < -0.3 is 10.1 Å². The maximum atomic E-state index is 13.6. The van der Waals surface area contributed by atoms with E-state index in [-0.39, 0.29) is 18.8 Å². The first-order chi connectivity index (χ1) is 14.7. The summed E-state index contributed by atoms with van der Waals surface area (Å²) in [5.41, 5.74) is -1.15. The molecular formula is C21H20F4N4O2. The number of ether oxygens (including phenoxy) is 1. The first kappa shape index (κ1) is 22.3. The van der Waals surface area contributed by atoms with Gasteiger partial charge in [0.25, 0.3) is 5.91 Å². The third-order valence-corrected chi connectivity index (χ3v) is 4.43. The Balaban J connectivity index is 1.66. The zero-order chi connectivity index (χ0) is 22.6. The van der Waals surface area contributed by atoms with Crippen LogP contribution in [-0.2, 0) is 6.18 Å². The van der Waals surface area contributed by atoms with Crippen LogP contribution in [0.5, 0.6) is 5.75 Å². The van der Waals surface area contributed by atoms with Gasteiger partial charge in [-0.1, -0.05) is 31.2 Å². The summed E-state index contributed by atoms with van der Waals surface area (Å²) >= 11 is 0. The van der Waals surface area contributed by atoms with Gasteiger partial charge in [0, 0.05) is 0 Å². The van der Waals surface area contributed by atoms with Crippen LogP contribution in [-0.4, -0.2) is 34.1 Å². The van der Waals surface area contributed by atoms with Gasteiger partial charge in [0.15, 0.2) is 11.4 Å². The monoisotopic (exact) mass is 436 g/mol. The van der Waals surface area contributed by atoms with Crippen molar-refractivity contribution in [3.63, 3.8) is 0 Å². The smallest absolute Gasteiger partial charge is 0.435 e. The number of rotatable bonds is 7. The molecule has 0 aliphatic rings. The molecule has 2 aromatic carbocycles. The number of nitrogens with one attached hydrogen (secondary N) is 1. The maximum Gasteiger partial charge on any atom is 0.435 e.